The number of aryl methyl sites for hydroxylation is 1. The molecule has 2 aliphatic heterocycles. The van der Waals surface area contributed by atoms with Crippen LogP contribution in [0.3, 0.4) is 0 Å². The standard InChI is InChI=1S/C51H43N13O12S6/c1-5-23-46-60-28(14-79-46)41(70)56-25-10-33(67)50(74)76-11-21-7-6-8-24-34(21)18(2)35(54-24)51(75)82-17-31(57-42(71)29-15-80-47(25)61-29)48-58-26(12-78-48)37-22(45-59-30(13-77-45)43(72)64-36(20(4)65)44(73)55-23)9-32(66)38(63-37)49-62-27(16-81-49)40(69)53-19(3)39(52)68/h5-9,12-16,20,25,31,33,36,54,65-67H,3,10-11,17H2,1-2,4H3,(H2,52,68)(H,53,69)(H,55,73)(H,56,70)(H,57,71)(H,64,72)/t20-,25-,31-,33-,36-/m0/s1. The van der Waals surface area contributed by atoms with Crippen molar-refractivity contribution in [2.75, 3.05) is 5.75 Å². The number of thioether (sulfide) groups is 1. The lowest BCUT2D eigenvalue weighted by Crippen LogP contribution is -2.52. The second-order valence-electron chi connectivity index (χ2n) is 18.2. The lowest BCUT2D eigenvalue weighted by molar-refractivity contribution is -0.155. The highest BCUT2D eigenvalue weighted by Gasteiger charge is 2.33. The molecule has 12 bridgehead atoms. The number of rotatable bonds is 5. The number of primary amides is 1. The van der Waals surface area contributed by atoms with E-state index in [0.717, 1.165) is 68.4 Å². The molecule has 420 valence electrons. The summed E-state index contributed by atoms with van der Waals surface area (Å²) in [6, 6.07) is 2.64. The Balaban J connectivity index is 1.11. The van der Waals surface area contributed by atoms with Crippen LogP contribution in [-0.4, -0.2) is 121 Å². The van der Waals surface area contributed by atoms with Gasteiger partial charge in [-0.3, -0.25) is 33.6 Å². The zero-order valence-electron chi connectivity index (χ0n) is 42.7. The van der Waals surface area contributed by atoms with Crippen molar-refractivity contribution in [2.45, 2.75) is 64.1 Å². The van der Waals surface area contributed by atoms with E-state index in [9.17, 15) is 53.7 Å². The average Bonchev–Trinajstić information content (AvgIpc) is 4.37. The van der Waals surface area contributed by atoms with E-state index in [1.807, 2.05) is 0 Å². The highest BCUT2D eigenvalue weighted by Crippen LogP contribution is 2.42. The van der Waals surface area contributed by atoms with Crippen molar-refractivity contribution in [3.05, 3.63) is 124 Å². The molecule has 5 atom stereocenters. The molecule has 8 aromatic rings. The van der Waals surface area contributed by atoms with Crippen molar-refractivity contribution in [2.24, 2.45) is 5.73 Å². The molecule has 31 heteroatoms. The number of amides is 6. The molecule has 2 aliphatic rings. The first-order valence-electron chi connectivity index (χ1n) is 24.3. The minimum Gasteiger partial charge on any atom is -0.506 e. The number of pyridine rings is 1. The zero-order valence-corrected chi connectivity index (χ0v) is 47.6. The molecule has 0 unspecified atom stereocenters. The largest absolute Gasteiger partial charge is 0.506 e. The van der Waals surface area contributed by atoms with Crippen molar-refractivity contribution in [1.29, 1.82) is 0 Å². The van der Waals surface area contributed by atoms with Gasteiger partial charge in [-0.15, -0.1) is 56.7 Å². The number of fused-ring (bicyclic) bond motifs is 13. The van der Waals surface area contributed by atoms with Crippen LogP contribution in [0.4, 0.5) is 0 Å². The van der Waals surface area contributed by atoms with E-state index < -0.39 is 89.0 Å². The number of aromatic amines is 1. The fraction of sp³-hybridized carbons (Fsp3) is 0.216. The first-order chi connectivity index (χ1) is 39.2. The van der Waals surface area contributed by atoms with E-state index >= 15 is 0 Å². The maximum Gasteiger partial charge on any atom is 0.335 e. The van der Waals surface area contributed by atoms with Gasteiger partial charge in [-0.25, -0.2) is 34.7 Å². The van der Waals surface area contributed by atoms with Gasteiger partial charge in [0.1, 0.15) is 83.3 Å². The number of hydrogen-bond donors (Lipinski definition) is 10. The van der Waals surface area contributed by atoms with Gasteiger partial charge in [-0.05, 0) is 44.0 Å². The van der Waals surface area contributed by atoms with Crippen LogP contribution < -0.4 is 32.3 Å². The van der Waals surface area contributed by atoms with Gasteiger partial charge in [-0.2, -0.15) is 0 Å². The number of allylic oxidation sites excluding steroid dienone is 1. The molecule has 25 nitrogen and oxygen atoms in total. The molecule has 0 saturated heterocycles. The Labute approximate surface area is 486 Å². The summed E-state index contributed by atoms with van der Waals surface area (Å²) >= 11 is 5.73. The summed E-state index contributed by atoms with van der Waals surface area (Å²) in [6.45, 7) is 7.74. The Morgan fingerprint density at radius 2 is 1.45 bits per heavy atom. The molecule has 0 fully saturated rings. The molecule has 1 aromatic carbocycles. The quantitative estimate of drug-likeness (QED) is 0.0810. The van der Waals surface area contributed by atoms with E-state index in [4.69, 9.17) is 20.4 Å². The highest BCUT2D eigenvalue weighted by molar-refractivity contribution is 8.14. The van der Waals surface area contributed by atoms with Crippen LogP contribution in [0.1, 0.15) is 111 Å². The molecule has 82 heavy (non-hydrogen) atoms. The van der Waals surface area contributed by atoms with Gasteiger partial charge in [-0.1, -0.05) is 36.5 Å². The molecule has 7 aromatic heterocycles. The van der Waals surface area contributed by atoms with E-state index in [2.05, 4.69) is 58.1 Å². The van der Waals surface area contributed by atoms with E-state index in [0.29, 0.717) is 22.0 Å². The number of nitrogens with two attached hydrogens (primary N) is 1. The smallest absolute Gasteiger partial charge is 0.335 e. The molecule has 0 saturated carbocycles. The lowest BCUT2D eigenvalue weighted by atomic mass is 10.1. The molecule has 10 rings (SSSR count). The van der Waals surface area contributed by atoms with E-state index in [-0.39, 0.29) is 99.9 Å². The van der Waals surface area contributed by atoms with Crippen LogP contribution in [0.15, 0.2) is 69.5 Å². The summed E-state index contributed by atoms with van der Waals surface area (Å²) in [4.78, 5) is 140. The normalized spacial score (nSPS) is 19.2. The van der Waals surface area contributed by atoms with Crippen molar-refractivity contribution < 1.29 is 58.4 Å². The van der Waals surface area contributed by atoms with Crippen LogP contribution in [-0.2, 0) is 25.7 Å². The predicted octanol–water partition coefficient (Wildman–Crippen LogP) is 4.88. The molecule has 0 radical (unpaired) electrons. The number of nitrogens with zero attached hydrogens (tertiary/aromatic N) is 6. The number of ether oxygens (including phenoxy) is 1. The van der Waals surface area contributed by atoms with Crippen LogP contribution in [0, 0.1) is 6.92 Å². The average molecular weight is 1220 g/mol. The van der Waals surface area contributed by atoms with Crippen molar-refractivity contribution in [1.82, 2.24) is 61.5 Å². The summed E-state index contributed by atoms with van der Waals surface area (Å²) in [5.41, 5.74) is 6.39. The number of benzene rings is 1. The van der Waals surface area contributed by atoms with Crippen LogP contribution >= 0.6 is 68.4 Å². The third-order valence-electron chi connectivity index (χ3n) is 12.6. The number of carbonyl (C=O) groups is 8. The van der Waals surface area contributed by atoms with Crippen molar-refractivity contribution in [3.8, 4) is 38.4 Å². The number of H-pyrrole nitrogens is 1. The molecule has 0 aliphatic carbocycles. The first-order valence-corrected chi connectivity index (χ1v) is 29.7. The number of cyclic esters (lactones) is 1. The van der Waals surface area contributed by atoms with E-state index in [1.165, 1.54) is 40.6 Å². The third kappa shape index (κ3) is 11.7. The number of esters is 1. The predicted molar refractivity (Wildman–Crippen MR) is 305 cm³/mol. The van der Waals surface area contributed by atoms with Crippen molar-refractivity contribution in [3.63, 3.8) is 0 Å². The number of aromatic nitrogens is 7. The minimum atomic E-state index is -1.84. The summed E-state index contributed by atoms with van der Waals surface area (Å²) in [7, 11) is 0. The molecule has 6 amide bonds. The molecule has 0 spiro atoms. The lowest BCUT2D eigenvalue weighted by Gasteiger charge is -2.21. The Morgan fingerprint density at radius 3 is 2.17 bits per heavy atom. The summed E-state index contributed by atoms with van der Waals surface area (Å²) < 4.78 is 5.63. The highest BCUT2D eigenvalue weighted by atomic mass is 32.2. The zero-order chi connectivity index (χ0) is 58.3. The van der Waals surface area contributed by atoms with E-state index in [1.54, 1.807) is 37.4 Å². The summed E-state index contributed by atoms with van der Waals surface area (Å²) in [5.74, 6) is -6.66. The topological polar surface area (TPSA) is 386 Å². The van der Waals surface area contributed by atoms with Gasteiger partial charge in [0.15, 0.2) is 6.10 Å². The van der Waals surface area contributed by atoms with Gasteiger partial charge in [0, 0.05) is 55.5 Å². The van der Waals surface area contributed by atoms with Crippen molar-refractivity contribution >= 4 is 132 Å². The molecular weight excluding hydrogens is 1180 g/mol. The number of aliphatic hydroxyl groups is 2. The van der Waals surface area contributed by atoms with Crippen LogP contribution in [0.5, 0.6) is 5.75 Å². The third-order valence-corrected chi connectivity index (χ3v) is 18.1. The first kappa shape index (κ1) is 56.8. The fourth-order valence-electron chi connectivity index (χ4n) is 8.44. The fourth-order valence-corrected chi connectivity index (χ4v) is 13.6. The summed E-state index contributed by atoms with van der Waals surface area (Å²) in [5, 5.41) is 55.1. The number of aromatic hydroxyl groups is 1. The Bertz CT molecular complexity index is 3990. The van der Waals surface area contributed by atoms with Gasteiger partial charge >= 0.3 is 5.97 Å². The van der Waals surface area contributed by atoms with Gasteiger partial charge in [0.25, 0.3) is 29.5 Å². The Hall–Kier alpha value is -8.43. The number of carbonyl (C=O) groups excluding carboxylic acids is 8. The maximum atomic E-state index is 14.5. The van der Waals surface area contributed by atoms with Crippen LogP contribution in [0.2, 0.25) is 0 Å². The molecular formula is C51H43N13O12S6. The number of hydrogen-bond acceptors (Lipinski definition) is 24. The second-order valence-corrected chi connectivity index (χ2v) is 23.5. The van der Waals surface area contributed by atoms with Crippen LogP contribution in [0.25, 0.3) is 49.3 Å². The molecule has 11 N–H and O–H groups in total. The monoisotopic (exact) mass is 1220 g/mol. The summed E-state index contributed by atoms with van der Waals surface area (Å²) in [6.07, 6.45) is -2.29. The maximum absolute atomic E-state index is 14.5. The van der Waals surface area contributed by atoms with Gasteiger partial charge in [0.05, 0.1) is 35.3 Å². The number of aliphatic hydroxyl groups excluding tert-OH is 2. The number of nitrogens with one attached hydrogen (secondary N) is 6. The second kappa shape index (κ2) is 23.6. The van der Waals surface area contributed by atoms with Gasteiger partial charge in [0.2, 0.25) is 11.0 Å². The SMILES string of the molecule is C=C(NC(=O)c1csc(-c2nc3c(cc2O)-c2nc(cs2)C(=O)N[C@@H]([C@H](C)O)C(=O)NC(=CC)c2nc(cs2)C(=O)N[C@H]2C[C@H](O)C(=O)OCc4cccc5[nH]c(c(C)c45)C(=O)SC[C@H](NC(=O)c4csc2n4)c2nc-3cs2)n1)C(N)=O. The minimum absolute atomic E-state index is 0.0405. The Morgan fingerprint density at radius 1 is 0.817 bits per heavy atom. The number of thiazole rings is 5. The molecule has 9 heterocycles. The Kier molecular flexibility index (Phi) is 16.3. The van der Waals surface area contributed by atoms with Gasteiger partial charge < -0.3 is 57.4 Å².